The van der Waals surface area contributed by atoms with Crippen molar-refractivity contribution in [2.24, 2.45) is 5.73 Å². The molecule has 4 aromatic rings. The Morgan fingerprint density at radius 1 is 0.889 bits per heavy atom. The Morgan fingerprint density at radius 3 is 2.13 bits per heavy atom. The number of benzene rings is 3. The first-order chi connectivity index (χ1) is 21.6. The van der Waals surface area contributed by atoms with Crippen LogP contribution in [0.4, 0.5) is 31.0 Å². The minimum Gasteiger partial charge on any atom is -0.508 e. The molecular weight excluding hydrogens is 587 g/mol. The predicted molar refractivity (Wildman–Crippen MR) is 167 cm³/mol. The number of hydrogen-bond acceptors (Lipinski definition) is 9. The summed E-state index contributed by atoms with van der Waals surface area (Å²) in [7, 11) is 0. The predicted octanol–water partition coefficient (Wildman–Crippen LogP) is 5.46. The number of carboxylic acids is 1. The molecule has 238 valence electrons. The molecule has 0 saturated carbocycles. The second-order valence-corrected chi connectivity index (χ2v) is 10.5. The summed E-state index contributed by atoms with van der Waals surface area (Å²) in [5, 5.41) is 23.4. The van der Waals surface area contributed by atoms with Gasteiger partial charge in [-0.05, 0) is 60.1 Å². The molecule has 13 heteroatoms. The number of phenolic OH excluding ortho intramolecular Hbond substituents is 1. The van der Waals surface area contributed by atoms with E-state index >= 15 is 0 Å². The molecule has 5 rings (SSSR count). The number of rotatable bonds is 10. The molecule has 6 N–H and O–H groups in total. The molecule has 0 unspecified atom stereocenters. The number of carboxylic acid groups (broad SMARTS) is 1. The quantitative estimate of drug-likeness (QED) is 0.144. The minimum atomic E-state index is -5.08. The third kappa shape index (κ3) is 10.3. The number of aryl methyl sites for hydroxylation is 1. The molecule has 1 aliphatic heterocycles. The van der Waals surface area contributed by atoms with Crippen molar-refractivity contribution < 1.29 is 28.2 Å². The van der Waals surface area contributed by atoms with Crippen LogP contribution in [-0.4, -0.2) is 63.0 Å². The van der Waals surface area contributed by atoms with Crippen LogP contribution in [0.25, 0.3) is 11.1 Å². The maximum atomic E-state index is 10.6. The lowest BCUT2D eigenvalue weighted by Gasteiger charge is -2.30. The Balaban J connectivity index is 0.000000591. The average molecular weight is 624 g/mol. The number of aromatic hydroxyl groups is 1. The zero-order valence-electron chi connectivity index (χ0n) is 24.5. The molecule has 10 nitrogen and oxygen atoms in total. The van der Waals surface area contributed by atoms with Gasteiger partial charge in [0, 0.05) is 32.2 Å². The number of halogens is 3. The Kier molecular flexibility index (Phi) is 11.5. The van der Waals surface area contributed by atoms with Crippen LogP contribution in [0.5, 0.6) is 5.75 Å². The van der Waals surface area contributed by atoms with Gasteiger partial charge in [-0.1, -0.05) is 66.7 Å². The van der Waals surface area contributed by atoms with E-state index in [4.69, 9.17) is 25.6 Å². The summed E-state index contributed by atoms with van der Waals surface area (Å²) >= 11 is 0. The van der Waals surface area contributed by atoms with Gasteiger partial charge in [0.05, 0.1) is 0 Å². The van der Waals surface area contributed by atoms with Crippen LogP contribution < -0.4 is 21.3 Å². The zero-order chi connectivity index (χ0) is 32.2. The summed E-state index contributed by atoms with van der Waals surface area (Å²) in [5.74, 6) is -0.683. The molecule has 0 aliphatic carbocycles. The van der Waals surface area contributed by atoms with Crippen molar-refractivity contribution in [3.8, 4) is 16.9 Å². The molecule has 45 heavy (non-hydrogen) atoms. The molecule has 0 bridgehead atoms. The molecular formula is C32H36F3N7O3. The number of alkyl halides is 3. The van der Waals surface area contributed by atoms with Gasteiger partial charge in [-0.25, -0.2) is 4.79 Å². The standard InChI is InChI=1S/C30H35N7O.C2HF3O2/c31-25-16-19-37(20-17-25)30-35-28(32-18-6-7-22-12-14-26(38)15-13-22)34-29(36-30)33-21-24-10-4-5-11-27(24)23-8-2-1-3-9-23;3-2(4,5)1(6)7/h1-5,8-15,25,38H,6-7,16-21,31H2,(H2,32,33,34,35,36);(H,6,7). The Hall–Kier alpha value is -4.91. The van der Waals surface area contributed by atoms with Gasteiger partial charge in [-0.2, -0.15) is 28.1 Å². The Bertz CT molecular complexity index is 1510. The first-order valence-corrected chi connectivity index (χ1v) is 14.5. The highest BCUT2D eigenvalue weighted by atomic mass is 19.4. The summed E-state index contributed by atoms with van der Waals surface area (Å²) in [6.07, 6.45) is -1.42. The summed E-state index contributed by atoms with van der Waals surface area (Å²) in [6, 6.07) is 26.4. The molecule has 0 amide bonds. The molecule has 1 aliphatic rings. The minimum absolute atomic E-state index is 0.234. The SMILES string of the molecule is NC1CCN(c2nc(NCCCc3ccc(O)cc3)nc(NCc3ccccc3-c3ccccc3)n2)CC1.O=C(O)C(F)(F)F. The van der Waals surface area contributed by atoms with Crippen LogP contribution in [0.1, 0.15) is 30.4 Å². The number of aliphatic carboxylic acids is 1. The van der Waals surface area contributed by atoms with E-state index in [1.54, 1.807) is 12.1 Å². The van der Waals surface area contributed by atoms with Crippen molar-refractivity contribution in [2.45, 2.75) is 44.4 Å². The van der Waals surface area contributed by atoms with Crippen LogP contribution in [-0.2, 0) is 17.8 Å². The number of hydrogen-bond donors (Lipinski definition) is 5. The summed E-state index contributed by atoms with van der Waals surface area (Å²) in [5.41, 5.74) is 10.9. The highest BCUT2D eigenvalue weighted by Crippen LogP contribution is 2.25. The number of anilines is 3. The summed E-state index contributed by atoms with van der Waals surface area (Å²) < 4.78 is 31.7. The normalized spacial score (nSPS) is 13.5. The molecule has 0 radical (unpaired) electrons. The van der Waals surface area contributed by atoms with E-state index in [-0.39, 0.29) is 11.8 Å². The Morgan fingerprint density at radius 2 is 1.49 bits per heavy atom. The van der Waals surface area contributed by atoms with E-state index in [2.05, 4.69) is 69.0 Å². The number of nitrogens with zero attached hydrogens (tertiary/aromatic N) is 4. The zero-order valence-corrected chi connectivity index (χ0v) is 24.5. The van der Waals surface area contributed by atoms with E-state index in [1.165, 1.54) is 22.3 Å². The van der Waals surface area contributed by atoms with E-state index < -0.39 is 12.1 Å². The topological polar surface area (TPSA) is 150 Å². The first-order valence-electron chi connectivity index (χ1n) is 14.5. The van der Waals surface area contributed by atoms with Crippen LogP contribution >= 0.6 is 0 Å². The van der Waals surface area contributed by atoms with Crippen molar-refractivity contribution in [1.29, 1.82) is 0 Å². The van der Waals surface area contributed by atoms with Crippen molar-refractivity contribution in [2.75, 3.05) is 35.2 Å². The molecule has 1 aromatic heterocycles. The fraction of sp³-hybridized carbons (Fsp3) is 0.312. The van der Waals surface area contributed by atoms with Gasteiger partial charge in [0.2, 0.25) is 17.8 Å². The number of phenols is 1. The maximum absolute atomic E-state index is 10.6. The van der Waals surface area contributed by atoms with Crippen molar-refractivity contribution >= 4 is 23.8 Å². The monoisotopic (exact) mass is 623 g/mol. The second-order valence-electron chi connectivity index (χ2n) is 10.5. The fourth-order valence-corrected chi connectivity index (χ4v) is 4.67. The third-order valence-electron chi connectivity index (χ3n) is 7.09. The van der Waals surface area contributed by atoms with E-state index in [0.29, 0.717) is 24.4 Å². The van der Waals surface area contributed by atoms with Gasteiger partial charge < -0.3 is 31.5 Å². The molecule has 1 saturated heterocycles. The van der Waals surface area contributed by atoms with E-state index in [9.17, 15) is 18.3 Å². The third-order valence-corrected chi connectivity index (χ3v) is 7.09. The lowest BCUT2D eigenvalue weighted by molar-refractivity contribution is -0.192. The first kappa shape index (κ1) is 33.0. The number of carbonyl (C=O) groups is 1. The van der Waals surface area contributed by atoms with Crippen molar-refractivity contribution in [3.05, 3.63) is 90.0 Å². The summed E-state index contributed by atoms with van der Waals surface area (Å²) in [6.45, 7) is 2.99. The largest absolute Gasteiger partial charge is 0.508 e. The number of aromatic nitrogens is 3. The van der Waals surface area contributed by atoms with Crippen LogP contribution in [0.3, 0.4) is 0 Å². The lowest BCUT2D eigenvalue weighted by atomic mass is 10.00. The van der Waals surface area contributed by atoms with Crippen molar-refractivity contribution in [1.82, 2.24) is 15.0 Å². The second kappa shape index (κ2) is 15.7. The van der Waals surface area contributed by atoms with E-state index in [1.807, 2.05) is 18.2 Å². The van der Waals surface area contributed by atoms with E-state index in [0.717, 1.165) is 45.3 Å². The highest BCUT2D eigenvalue weighted by molar-refractivity contribution is 5.73. The average Bonchev–Trinajstić information content (AvgIpc) is 3.04. The lowest BCUT2D eigenvalue weighted by Crippen LogP contribution is -2.40. The highest BCUT2D eigenvalue weighted by Gasteiger charge is 2.38. The molecule has 0 atom stereocenters. The van der Waals surface area contributed by atoms with Gasteiger partial charge in [-0.3, -0.25) is 0 Å². The molecule has 1 fully saturated rings. The van der Waals surface area contributed by atoms with Gasteiger partial charge >= 0.3 is 12.1 Å². The van der Waals surface area contributed by atoms with Gasteiger partial charge in [0.25, 0.3) is 0 Å². The van der Waals surface area contributed by atoms with Crippen LogP contribution in [0, 0.1) is 0 Å². The van der Waals surface area contributed by atoms with Gasteiger partial charge in [-0.15, -0.1) is 0 Å². The van der Waals surface area contributed by atoms with Crippen LogP contribution in [0.2, 0.25) is 0 Å². The van der Waals surface area contributed by atoms with Gasteiger partial charge in [0.15, 0.2) is 0 Å². The van der Waals surface area contributed by atoms with Crippen LogP contribution in [0.15, 0.2) is 78.9 Å². The molecule has 3 aromatic carbocycles. The fourth-order valence-electron chi connectivity index (χ4n) is 4.67. The smallest absolute Gasteiger partial charge is 0.490 e. The Labute approximate surface area is 259 Å². The summed E-state index contributed by atoms with van der Waals surface area (Å²) in [4.78, 5) is 25.3. The number of nitrogens with one attached hydrogen (secondary N) is 2. The molecule has 2 heterocycles. The molecule has 0 spiro atoms. The maximum Gasteiger partial charge on any atom is 0.490 e. The number of piperidine rings is 1. The van der Waals surface area contributed by atoms with Crippen molar-refractivity contribution in [3.63, 3.8) is 0 Å². The number of nitrogens with two attached hydrogens (primary N) is 1. The van der Waals surface area contributed by atoms with Gasteiger partial charge in [0.1, 0.15) is 5.75 Å².